The van der Waals surface area contributed by atoms with Gasteiger partial charge in [0.1, 0.15) is 12.1 Å². The number of carboxylic acid groups (broad SMARTS) is 1. The molecule has 1 saturated heterocycles. The molecule has 0 radical (unpaired) electrons. The van der Waals surface area contributed by atoms with Crippen LogP contribution in [0.2, 0.25) is 0 Å². The topological polar surface area (TPSA) is 78.9 Å². The van der Waals surface area contributed by atoms with Crippen molar-refractivity contribution in [3.8, 4) is 5.75 Å². The largest absolute Gasteiger partial charge is 0.484 e. The zero-order valence-electron chi connectivity index (χ0n) is 13.4. The van der Waals surface area contributed by atoms with Crippen molar-refractivity contribution in [2.75, 3.05) is 13.1 Å². The highest BCUT2D eigenvalue weighted by Gasteiger charge is 2.38. The molecule has 1 aromatic carbocycles. The van der Waals surface area contributed by atoms with Crippen molar-refractivity contribution in [2.45, 2.75) is 32.9 Å². The molecule has 126 valence electrons. The Labute approximate surface area is 134 Å². The SMILES string of the molecule is CC(C)(C)C(NC(=O)N1CC(Oc2ccccc2F)C1)C(=O)O. The number of rotatable bonds is 4. The number of nitrogens with zero attached hydrogens (tertiary/aromatic N) is 1. The van der Waals surface area contributed by atoms with Gasteiger partial charge < -0.3 is 20.1 Å². The number of carboxylic acids is 1. The lowest BCUT2D eigenvalue weighted by atomic mass is 9.87. The van der Waals surface area contributed by atoms with Crippen molar-refractivity contribution >= 4 is 12.0 Å². The van der Waals surface area contributed by atoms with Crippen LogP contribution in [0.5, 0.6) is 5.75 Å². The van der Waals surface area contributed by atoms with Crippen LogP contribution in [0.3, 0.4) is 0 Å². The minimum absolute atomic E-state index is 0.149. The van der Waals surface area contributed by atoms with Crippen LogP contribution < -0.4 is 10.1 Å². The minimum Gasteiger partial charge on any atom is -0.484 e. The molecule has 2 N–H and O–H groups in total. The highest BCUT2D eigenvalue weighted by atomic mass is 19.1. The van der Waals surface area contributed by atoms with Gasteiger partial charge in [0.25, 0.3) is 0 Å². The number of halogens is 1. The molecule has 2 amide bonds. The highest BCUT2D eigenvalue weighted by Crippen LogP contribution is 2.23. The first-order valence-corrected chi connectivity index (χ1v) is 7.38. The molecule has 23 heavy (non-hydrogen) atoms. The summed E-state index contributed by atoms with van der Waals surface area (Å²) in [6.07, 6.45) is -0.296. The van der Waals surface area contributed by atoms with Gasteiger partial charge >= 0.3 is 12.0 Å². The van der Waals surface area contributed by atoms with Gasteiger partial charge in [-0.05, 0) is 17.5 Å². The van der Waals surface area contributed by atoms with Crippen LogP contribution in [0.1, 0.15) is 20.8 Å². The Morgan fingerprint density at radius 2 is 1.96 bits per heavy atom. The Bertz CT molecular complexity index is 594. The predicted molar refractivity (Wildman–Crippen MR) is 81.8 cm³/mol. The second kappa shape index (κ2) is 6.44. The zero-order chi connectivity index (χ0) is 17.2. The molecule has 6 nitrogen and oxygen atoms in total. The fourth-order valence-corrected chi connectivity index (χ4v) is 2.26. The molecule has 1 unspecified atom stereocenters. The molecule has 0 saturated carbocycles. The fourth-order valence-electron chi connectivity index (χ4n) is 2.26. The summed E-state index contributed by atoms with van der Waals surface area (Å²) in [5.74, 6) is -1.38. The van der Waals surface area contributed by atoms with Gasteiger partial charge in [-0.1, -0.05) is 32.9 Å². The number of urea groups is 1. The Balaban J connectivity index is 1.86. The first-order chi connectivity index (χ1) is 10.7. The summed E-state index contributed by atoms with van der Waals surface area (Å²) in [4.78, 5) is 24.8. The summed E-state index contributed by atoms with van der Waals surface area (Å²) >= 11 is 0. The monoisotopic (exact) mass is 324 g/mol. The first kappa shape index (κ1) is 17.1. The van der Waals surface area contributed by atoms with Crippen molar-refractivity contribution < 1.29 is 23.8 Å². The Morgan fingerprint density at radius 3 is 2.48 bits per heavy atom. The average molecular weight is 324 g/mol. The second-order valence-corrected chi connectivity index (χ2v) is 6.66. The molecule has 1 heterocycles. The lowest BCUT2D eigenvalue weighted by molar-refractivity contribution is -0.142. The third-order valence-electron chi connectivity index (χ3n) is 3.65. The molecule has 0 bridgehead atoms. The third-order valence-corrected chi connectivity index (χ3v) is 3.65. The van der Waals surface area contributed by atoms with Gasteiger partial charge in [0.2, 0.25) is 0 Å². The zero-order valence-corrected chi connectivity index (χ0v) is 13.4. The standard InChI is InChI=1S/C16H21FN2O4/c1-16(2,3)13(14(20)21)18-15(22)19-8-10(9-19)23-12-7-5-4-6-11(12)17/h4-7,10,13H,8-9H2,1-3H3,(H,18,22)(H,20,21). The van der Waals surface area contributed by atoms with Crippen molar-refractivity contribution in [3.05, 3.63) is 30.1 Å². The van der Waals surface area contributed by atoms with Crippen LogP contribution >= 0.6 is 0 Å². The Hall–Kier alpha value is -2.31. The molecule has 0 aliphatic carbocycles. The van der Waals surface area contributed by atoms with E-state index in [0.29, 0.717) is 0 Å². The molecule has 0 spiro atoms. The third kappa shape index (κ3) is 4.12. The number of aliphatic carboxylic acids is 1. The summed E-state index contributed by atoms with van der Waals surface area (Å²) < 4.78 is 18.9. The van der Waals surface area contributed by atoms with E-state index < -0.39 is 29.3 Å². The maximum absolute atomic E-state index is 13.5. The lowest BCUT2D eigenvalue weighted by Gasteiger charge is -2.40. The van der Waals surface area contributed by atoms with E-state index in [-0.39, 0.29) is 24.9 Å². The normalized spacial score (nSPS) is 16.4. The van der Waals surface area contributed by atoms with Crippen molar-refractivity contribution in [2.24, 2.45) is 5.41 Å². The number of carbonyl (C=O) groups is 2. The van der Waals surface area contributed by atoms with E-state index in [1.54, 1.807) is 32.9 Å². The minimum atomic E-state index is -1.08. The van der Waals surface area contributed by atoms with Crippen molar-refractivity contribution in [1.29, 1.82) is 0 Å². The number of benzene rings is 1. The van der Waals surface area contributed by atoms with Gasteiger partial charge in [0, 0.05) is 0 Å². The number of amides is 2. The molecule has 1 aromatic rings. The number of hydrogen-bond acceptors (Lipinski definition) is 3. The summed E-state index contributed by atoms with van der Waals surface area (Å²) in [6.45, 7) is 5.80. The van der Waals surface area contributed by atoms with Gasteiger partial charge in [0.15, 0.2) is 11.6 Å². The maximum atomic E-state index is 13.5. The molecule has 1 atom stereocenters. The van der Waals surface area contributed by atoms with Crippen molar-refractivity contribution in [1.82, 2.24) is 10.2 Å². The molecule has 1 fully saturated rings. The predicted octanol–water partition coefficient (Wildman–Crippen LogP) is 2.10. The Morgan fingerprint density at radius 1 is 1.35 bits per heavy atom. The first-order valence-electron chi connectivity index (χ1n) is 7.38. The molecule has 0 aromatic heterocycles. The summed E-state index contributed by atoms with van der Waals surface area (Å²) in [7, 11) is 0. The van der Waals surface area contributed by atoms with Crippen LogP contribution in [-0.4, -0.2) is 47.2 Å². The number of carbonyl (C=O) groups excluding carboxylic acids is 1. The van der Waals surface area contributed by atoms with Crippen LogP contribution in [0.4, 0.5) is 9.18 Å². The lowest BCUT2D eigenvalue weighted by Crippen LogP contribution is -2.62. The number of hydrogen-bond donors (Lipinski definition) is 2. The van der Waals surface area contributed by atoms with E-state index in [1.165, 1.54) is 17.0 Å². The van der Waals surface area contributed by atoms with Crippen LogP contribution in [0, 0.1) is 11.2 Å². The average Bonchev–Trinajstić information content (AvgIpc) is 2.39. The number of likely N-dealkylation sites (tertiary alicyclic amines) is 1. The fraction of sp³-hybridized carbons (Fsp3) is 0.500. The van der Waals surface area contributed by atoms with E-state index in [1.807, 2.05) is 0 Å². The van der Waals surface area contributed by atoms with Crippen LogP contribution in [-0.2, 0) is 4.79 Å². The van der Waals surface area contributed by atoms with Crippen LogP contribution in [0.25, 0.3) is 0 Å². The van der Waals surface area contributed by atoms with Gasteiger partial charge in [-0.15, -0.1) is 0 Å². The van der Waals surface area contributed by atoms with Gasteiger partial charge in [-0.3, -0.25) is 0 Å². The quantitative estimate of drug-likeness (QED) is 0.889. The maximum Gasteiger partial charge on any atom is 0.326 e. The summed E-state index contributed by atoms with van der Waals surface area (Å²) in [5.41, 5.74) is -0.602. The van der Waals surface area contributed by atoms with Gasteiger partial charge in [0.05, 0.1) is 13.1 Å². The van der Waals surface area contributed by atoms with E-state index in [9.17, 15) is 19.1 Å². The smallest absolute Gasteiger partial charge is 0.326 e. The van der Waals surface area contributed by atoms with Crippen molar-refractivity contribution in [3.63, 3.8) is 0 Å². The highest BCUT2D eigenvalue weighted by molar-refractivity contribution is 5.83. The van der Waals surface area contributed by atoms with E-state index >= 15 is 0 Å². The molecular weight excluding hydrogens is 303 g/mol. The molecule has 2 rings (SSSR count). The summed E-state index contributed by atoms with van der Waals surface area (Å²) in [5, 5.41) is 11.7. The Kier molecular flexibility index (Phi) is 4.77. The van der Waals surface area contributed by atoms with Crippen LogP contribution in [0.15, 0.2) is 24.3 Å². The van der Waals surface area contributed by atoms with Gasteiger partial charge in [-0.25, -0.2) is 14.0 Å². The number of ether oxygens (including phenoxy) is 1. The summed E-state index contributed by atoms with van der Waals surface area (Å²) in [6, 6.07) is 4.63. The number of para-hydroxylation sites is 1. The van der Waals surface area contributed by atoms with Gasteiger partial charge in [-0.2, -0.15) is 0 Å². The molecule has 1 aliphatic rings. The molecule has 1 aliphatic heterocycles. The molecular formula is C16H21FN2O4. The molecule has 7 heteroatoms. The second-order valence-electron chi connectivity index (χ2n) is 6.66. The van der Waals surface area contributed by atoms with E-state index in [4.69, 9.17) is 4.74 Å². The van der Waals surface area contributed by atoms with E-state index in [0.717, 1.165) is 0 Å². The van der Waals surface area contributed by atoms with E-state index in [2.05, 4.69) is 5.32 Å². The number of nitrogens with one attached hydrogen (secondary N) is 1.